The molecule has 0 aliphatic carbocycles. The van der Waals surface area contributed by atoms with Gasteiger partial charge in [-0.25, -0.2) is 4.79 Å². The number of anilines is 2. The third kappa shape index (κ3) is 7.04. The zero-order valence-electron chi connectivity index (χ0n) is 25.2. The SMILES string of the molecule is CC1=C(C(=O)OCCN(Cc2ccccc2)c2ccccc2)C(c2cccc(N)c2)C(P2(=O)OCC(C)(C)CO2)=C(C)N1. The topological polar surface area (TPSA) is 103 Å². The van der Waals surface area contributed by atoms with Crippen molar-refractivity contribution in [3.8, 4) is 0 Å². The Balaban J connectivity index is 1.41. The van der Waals surface area contributed by atoms with Gasteiger partial charge >= 0.3 is 13.6 Å². The molecule has 3 aromatic carbocycles. The molecule has 2 aliphatic heterocycles. The van der Waals surface area contributed by atoms with Crippen molar-refractivity contribution in [1.82, 2.24) is 5.32 Å². The van der Waals surface area contributed by atoms with Gasteiger partial charge in [0.2, 0.25) is 0 Å². The maximum atomic E-state index is 14.3. The minimum Gasteiger partial charge on any atom is -0.460 e. The Morgan fingerprint density at radius 1 is 0.977 bits per heavy atom. The molecule has 226 valence electrons. The van der Waals surface area contributed by atoms with Crippen LogP contribution in [0.25, 0.3) is 0 Å². The zero-order valence-corrected chi connectivity index (χ0v) is 26.1. The van der Waals surface area contributed by atoms with Crippen molar-refractivity contribution >= 4 is 24.9 Å². The van der Waals surface area contributed by atoms with E-state index in [9.17, 15) is 9.36 Å². The standard InChI is InChI=1S/C34H40N3O5P/c1-24-30(33(38)40-19-18-37(29-16-9-6-10-17-29)21-26-12-7-5-8-13-26)31(27-14-11-15-28(35)20-27)32(25(2)36-24)43(39)41-22-34(3,4)23-42-43/h5-17,20,31,36H,18-19,21-23,35H2,1-4H3. The van der Waals surface area contributed by atoms with Crippen LogP contribution in [0.2, 0.25) is 0 Å². The lowest BCUT2D eigenvalue weighted by Gasteiger charge is -2.39. The number of esters is 1. The monoisotopic (exact) mass is 601 g/mol. The number of nitrogens with two attached hydrogens (primary N) is 1. The van der Waals surface area contributed by atoms with Gasteiger partial charge < -0.3 is 29.7 Å². The summed E-state index contributed by atoms with van der Waals surface area (Å²) in [4.78, 5) is 16.1. The number of hydrogen-bond acceptors (Lipinski definition) is 8. The van der Waals surface area contributed by atoms with Crippen LogP contribution in [0.15, 0.2) is 107 Å². The first-order valence-corrected chi connectivity index (χ1v) is 16.1. The number of carbonyl (C=O) groups excluding carboxylic acids is 1. The smallest absolute Gasteiger partial charge is 0.360 e. The van der Waals surface area contributed by atoms with E-state index in [0.29, 0.717) is 46.6 Å². The molecule has 3 N–H and O–H groups in total. The first kappa shape index (κ1) is 30.6. The summed E-state index contributed by atoms with van der Waals surface area (Å²) in [5, 5.41) is 3.66. The molecule has 9 heteroatoms. The Bertz CT molecular complexity index is 1560. The number of carbonyl (C=O) groups is 1. The first-order chi connectivity index (χ1) is 20.6. The highest BCUT2D eigenvalue weighted by molar-refractivity contribution is 7.58. The van der Waals surface area contributed by atoms with Crippen molar-refractivity contribution in [2.45, 2.75) is 40.2 Å². The molecule has 0 saturated carbocycles. The number of nitrogens with zero attached hydrogens (tertiary/aromatic N) is 1. The predicted molar refractivity (Wildman–Crippen MR) is 170 cm³/mol. The number of benzene rings is 3. The van der Waals surface area contributed by atoms with Crippen LogP contribution in [0, 0.1) is 5.41 Å². The molecular formula is C34H40N3O5P. The minimum absolute atomic E-state index is 0.151. The van der Waals surface area contributed by atoms with Gasteiger partial charge in [0.1, 0.15) is 6.61 Å². The Kier molecular flexibility index (Phi) is 9.11. The summed E-state index contributed by atoms with van der Waals surface area (Å²) in [7, 11) is -3.76. The lowest BCUT2D eigenvalue weighted by molar-refractivity contribution is -0.139. The second kappa shape index (κ2) is 12.8. The van der Waals surface area contributed by atoms with Gasteiger partial charge in [-0.2, -0.15) is 0 Å². The Hall–Kier alpha value is -3.84. The largest absolute Gasteiger partial charge is 0.460 e. The molecule has 5 rings (SSSR count). The molecule has 1 saturated heterocycles. The Morgan fingerprint density at radius 3 is 2.28 bits per heavy atom. The normalized spacial score (nSPS) is 19.5. The fourth-order valence-electron chi connectivity index (χ4n) is 5.49. The van der Waals surface area contributed by atoms with Crippen LogP contribution >= 0.6 is 7.60 Å². The van der Waals surface area contributed by atoms with Crippen molar-refractivity contribution < 1.29 is 23.1 Å². The fraction of sp³-hybridized carbons (Fsp3) is 0.324. The van der Waals surface area contributed by atoms with Crippen molar-refractivity contribution in [3.05, 3.63) is 118 Å². The van der Waals surface area contributed by atoms with E-state index in [0.717, 1.165) is 11.3 Å². The van der Waals surface area contributed by atoms with E-state index in [4.69, 9.17) is 19.5 Å². The van der Waals surface area contributed by atoms with Crippen molar-refractivity contribution in [2.24, 2.45) is 5.41 Å². The fourth-order valence-corrected chi connectivity index (χ4v) is 7.94. The van der Waals surface area contributed by atoms with E-state index in [-0.39, 0.29) is 25.2 Å². The van der Waals surface area contributed by atoms with Gasteiger partial charge in [0.05, 0.1) is 36.6 Å². The van der Waals surface area contributed by atoms with Gasteiger partial charge in [0.15, 0.2) is 0 Å². The van der Waals surface area contributed by atoms with E-state index in [2.05, 4.69) is 22.3 Å². The van der Waals surface area contributed by atoms with Gasteiger partial charge in [-0.1, -0.05) is 74.5 Å². The summed E-state index contributed by atoms with van der Waals surface area (Å²) < 4.78 is 32.2. The number of nitrogen functional groups attached to an aromatic ring is 1. The van der Waals surface area contributed by atoms with Crippen LogP contribution in [-0.2, 0) is 29.7 Å². The highest BCUT2D eigenvalue weighted by Gasteiger charge is 2.48. The van der Waals surface area contributed by atoms with Gasteiger partial charge in [-0.05, 0) is 49.2 Å². The number of allylic oxidation sites excluding steroid dienone is 3. The van der Waals surface area contributed by atoms with Crippen LogP contribution in [0.5, 0.6) is 0 Å². The van der Waals surface area contributed by atoms with Crippen LogP contribution in [-0.4, -0.2) is 32.3 Å². The van der Waals surface area contributed by atoms with E-state index in [1.54, 1.807) is 12.1 Å². The molecule has 0 radical (unpaired) electrons. The van der Waals surface area contributed by atoms with E-state index in [1.807, 2.05) is 88.4 Å². The molecule has 0 aromatic heterocycles. The predicted octanol–water partition coefficient (Wildman–Crippen LogP) is 6.98. The molecular weight excluding hydrogens is 561 g/mol. The first-order valence-electron chi connectivity index (χ1n) is 14.5. The van der Waals surface area contributed by atoms with Crippen molar-refractivity contribution in [3.63, 3.8) is 0 Å². The summed E-state index contributed by atoms with van der Waals surface area (Å²) >= 11 is 0. The van der Waals surface area contributed by atoms with E-state index >= 15 is 0 Å². The van der Waals surface area contributed by atoms with Crippen LogP contribution < -0.4 is 16.0 Å². The molecule has 1 fully saturated rings. The molecule has 2 aliphatic rings. The zero-order chi connectivity index (χ0) is 30.6. The maximum absolute atomic E-state index is 14.3. The number of para-hydroxylation sites is 1. The minimum atomic E-state index is -3.76. The third-order valence-electron chi connectivity index (χ3n) is 7.67. The Morgan fingerprint density at radius 2 is 1.63 bits per heavy atom. The van der Waals surface area contributed by atoms with E-state index < -0.39 is 19.5 Å². The second-order valence-electron chi connectivity index (χ2n) is 11.9. The van der Waals surface area contributed by atoms with Gasteiger partial charge in [-0.3, -0.25) is 4.57 Å². The molecule has 3 aromatic rings. The summed E-state index contributed by atoms with van der Waals surface area (Å²) in [5.41, 5.74) is 10.9. The number of nitrogens with one attached hydrogen (secondary N) is 1. The molecule has 0 bridgehead atoms. The third-order valence-corrected chi connectivity index (χ3v) is 9.79. The number of rotatable bonds is 9. The van der Waals surface area contributed by atoms with Gasteiger partial charge in [0, 0.05) is 34.7 Å². The lowest BCUT2D eigenvalue weighted by Crippen LogP contribution is -2.34. The van der Waals surface area contributed by atoms with Crippen LogP contribution in [0.4, 0.5) is 11.4 Å². The quantitative estimate of drug-likeness (QED) is 0.154. The van der Waals surface area contributed by atoms with Crippen LogP contribution in [0.3, 0.4) is 0 Å². The summed E-state index contributed by atoms with van der Waals surface area (Å²) in [6.45, 7) is 9.47. The van der Waals surface area contributed by atoms with E-state index in [1.165, 1.54) is 0 Å². The average molecular weight is 602 g/mol. The average Bonchev–Trinajstić information content (AvgIpc) is 2.99. The van der Waals surface area contributed by atoms with Gasteiger partial charge in [-0.15, -0.1) is 0 Å². The van der Waals surface area contributed by atoms with Gasteiger partial charge in [0.25, 0.3) is 0 Å². The highest BCUT2D eigenvalue weighted by Crippen LogP contribution is 2.66. The maximum Gasteiger partial charge on any atom is 0.360 e. The highest BCUT2D eigenvalue weighted by atomic mass is 31.2. The number of hydrogen-bond donors (Lipinski definition) is 2. The molecule has 2 heterocycles. The van der Waals surface area contributed by atoms with Crippen LogP contribution in [0.1, 0.15) is 44.7 Å². The van der Waals surface area contributed by atoms with Crippen molar-refractivity contribution in [1.29, 1.82) is 0 Å². The molecule has 0 spiro atoms. The molecule has 1 atom stereocenters. The second-order valence-corrected chi connectivity index (χ2v) is 13.9. The molecule has 1 unspecified atom stereocenters. The van der Waals surface area contributed by atoms with Crippen molar-refractivity contribution in [2.75, 3.05) is 37.0 Å². The lowest BCUT2D eigenvalue weighted by atomic mass is 9.86. The number of dihydropyridines is 1. The summed E-state index contributed by atoms with van der Waals surface area (Å²) in [5.74, 6) is -1.22. The summed E-state index contributed by atoms with van der Waals surface area (Å²) in [6.07, 6.45) is 0. The Labute approximate surface area is 254 Å². The summed E-state index contributed by atoms with van der Waals surface area (Å²) in [6, 6.07) is 27.5. The number of ether oxygens (including phenoxy) is 1. The molecule has 8 nitrogen and oxygen atoms in total. The molecule has 43 heavy (non-hydrogen) atoms. The molecule has 0 amide bonds.